The first-order valence-electron chi connectivity index (χ1n) is 6.02. The highest BCUT2D eigenvalue weighted by molar-refractivity contribution is 9.10. The van der Waals surface area contributed by atoms with E-state index in [9.17, 15) is 4.79 Å². The molecule has 0 N–H and O–H groups in total. The standard InChI is InChI=1S/C14H15BrN2O2S/c1-9-12(13(18)19-3)20-14(16-9)17(2)8-10-4-6-11(15)7-5-10/h4-7H,8H2,1-3H3. The first kappa shape index (κ1) is 15.0. The summed E-state index contributed by atoms with van der Waals surface area (Å²) in [6, 6.07) is 8.14. The van der Waals surface area contributed by atoms with Gasteiger partial charge in [0.15, 0.2) is 5.13 Å². The Hall–Kier alpha value is -1.40. The van der Waals surface area contributed by atoms with Crippen LogP contribution in [0.2, 0.25) is 0 Å². The fourth-order valence-corrected chi connectivity index (χ4v) is 2.97. The number of anilines is 1. The summed E-state index contributed by atoms with van der Waals surface area (Å²) in [4.78, 5) is 18.6. The molecule has 0 atom stereocenters. The number of benzene rings is 1. The van der Waals surface area contributed by atoms with Crippen molar-refractivity contribution in [1.29, 1.82) is 0 Å². The lowest BCUT2D eigenvalue weighted by Gasteiger charge is -2.15. The van der Waals surface area contributed by atoms with Crippen LogP contribution in [0.1, 0.15) is 20.9 Å². The van der Waals surface area contributed by atoms with Gasteiger partial charge in [0, 0.05) is 18.1 Å². The smallest absolute Gasteiger partial charge is 0.350 e. The molecule has 0 unspecified atom stereocenters. The minimum absolute atomic E-state index is 0.330. The summed E-state index contributed by atoms with van der Waals surface area (Å²) in [6.45, 7) is 2.56. The molecule has 1 aromatic heterocycles. The van der Waals surface area contributed by atoms with Crippen molar-refractivity contribution >= 4 is 38.4 Å². The third kappa shape index (κ3) is 3.37. The van der Waals surface area contributed by atoms with E-state index in [1.807, 2.05) is 31.0 Å². The number of halogens is 1. The molecule has 0 saturated carbocycles. The zero-order valence-corrected chi connectivity index (χ0v) is 13.9. The van der Waals surface area contributed by atoms with E-state index >= 15 is 0 Å². The molecular formula is C14H15BrN2O2S. The molecule has 0 aliphatic rings. The van der Waals surface area contributed by atoms with Gasteiger partial charge in [-0.25, -0.2) is 9.78 Å². The van der Waals surface area contributed by atoms with Crippen molar-refractivity contribution in [2.75, 3.05) is 19.1 Å². The second-order valence-corrected chi connectivity index (χ2v) is 6.28. The number of aromatic nitrogens is 1. The van der Waals surface area contributed by atoms with Crippen molar-refractivity contribution in [3.8, 4) is 0 Å². The van der Waals surface area contributed by atoms with Crippen LogP contribution in [0.25, 0.3) is 0 Å². The van der Waals surface area contributed by atoms with Crippen LogP contribution in [0.5, 0.6) is 0 Å². The average molecular weight is 355 g/mol. The summed E-state index contributed by atoms with van der Waals surface area (Å²) < 4.78 is 5.81. The van der Waals surface area contributed by atoms with E-state index in [0.717, 1.165) is 16.1 Å². The summed E-state index contributed by atoms with van der Waals surface area (Å²) in [5, 5.41) is 0.811. The summed E-state index contributed by atoms with van der Waals surface area (Å²) in [5.41, 5.74) is 1.89. The zero-order valence-electron chi connectivity index (χ0n) is 11.5. The second-order valence-electron chi connectivity index (χ2n) is 4.39. The Morgan fingerprint density at radius 3 is 2.65 bits per heavy atom. The van der Waals surface area contributed by atoms with Crippen molar-refractivity contribution in [1.82, 2.24) is 4.98 Å². The summed E-state index contributed by atoms with van der Waals surface area (Å²) in [6.07, 6.45) is 0. The average Bonchev–Trinajstić information content (AvgIpc) is 2.82. The molecule has 0 fully saturated rings. The highest BCUT2D eigenvalue weighted by Gasteiger charge is 2.17. The third-order valence-electron chi connectivity index (χ3n) is 2.82. The van der Waals surface area contributed by atoms with Crippen LogP contribution in [-0.4, -0.2) is 25.1 Å². The summed E-state index contributed by atoms with van der Waals surface area (Å²) in [7, 11) is 3.34. The van der Waals surface area contributed by atoms with Crippen molar-refractivity contribution in [2.45, 2.75) is 13.5 Å². The molecule has 2 aromatic rings. The normalized spacial score (nSPS) is 10.4. The molecule has 2 rings (SSSR count). The van der Waals surface area contributed by atoms with Crippen LogP contribution in [0.4, 0.5) is 5.13 Å². The summed E-state index contributed by atoms with van der Waals surface area (Å²) in [5.74, 6) is -0.330. The lowest BCUT2D eigenvalue weighted by Crippen LogP contribution is -2.15. The fourth-order valence-electron chi connectivity index (χ4n) is 1.76. The number of esters is 1. The fraction of sp³-hybridized carbons (Fsp3) is 0.286. The Labute approximate surface area is 130 Å². The molecule has 4 nitrogen and oxygen atoms in total. The number of hydrogen-bond acceptors (Lipinski definition) is 5. The number of nitrogens with zero attached hydrogens (tertiary/aromatic N) is 2. The van der Waals surface area contributed by atoms with Gasteiger partial charge in [-0.1, -0.05) is 39.4 Å². The van der Waals surface area contributed by atoms with Gasteiger partial charge in [0.25, 0.3) is 0 Å². The molecule has 0 radical (unpaired) electrons. The predicted molar refractivity (Wildman–Crippen MR) is 84.4 cm³/mol. The first-order valence-corrected chi connectivity index (χ1v) is 7.63. The topological polar surface area (TPSA) is 42.4 Å². The Morgan fingerprint density at radius 1 is 1.40 bits per heavy atom. The van der Waals surface area contributed by atoms with Gasteiger partial charge in [-0.05, 0) is 24.6 Å². The van der Waals surface area contributed by atoms with E-state index in [1.165, 1.54) is 24.0 Å². The largest absolute Gasteiger partial charge is 0.465 e. The first-order chi connectivity index (χ1) is 9.51. The molecule has 1 aromatic carbocycles. The van der Waals surface area contributed by atoms with Crippen LogP contribution < -0.4 is 4.90 Å². The van der Waals surface area contributed by atoms with E-state index < -0.39 is 0 Å². The molecule has 0 bridgehead atoms. The maximum atomic E-state index is 11.6. The number of ether oxygens (including phenoxy) is 1. The Balaban J connectivity index is 2.15. The monoisotopic (exact) mass is 354 g/mol. The van der Waals surface area contributed by atoms with Gasteiger partial charge in [0.2, 0.25) is 0 Å². The van der Waals surface area contributed by atoms with Crippen LogP contribution >= 0.6 is 27.3 Å². The lowest BCUT2D eigenvalue weighted by molar-refractivity contribution is 0.0605. The van der Waals surface area contributed by atoms with Crippen LogP contribution in [-0.2, 0) is 11.3 Å². The molecular weight excluding hydrogens is 340 g/mol. The number of methoxy groups -OCH3 is 1. The molecule has 6 heteroatoms. The molecule has 0 spiro atoms. The minimum atomic E-state index is -0.330. The zero-order chi connectivity index (χ0) is 14.7. The molecule has 0 saturated heterocycles. The molecule has 106 valence electrons. The SMILES string of the molecule is COC(=O)c1sc(N(C)Cc2ccc(Br)cc2)nc1C. The molecule has 1 heterocycles. The maximum absolute atomic E-state index is 11.6. The van der Waals surface area contributed by atoms with Crippen LogP contribution in [0.15, 0.2) is 28.7 Å². The summed E-state index contributed by atoms with van der Waals surface area (Å²) >= 11 is 4.77. The molecule has 0 aliphatic carbocycles. The van der Waals surface area contributed by atoms with Crippen LogP contribution in [0.3, 0.4) is 0 Å². The van der Waals surface area contributed by atoms with E-state index in [2.05, 4.69) is 33.0 Å². The maximum Gasteiger partial charge on any atom is 0.350 e. The van der Waals surface area contributed by atoms with Crippen molar-refractivity contribution in [3.05, 3.63) is 44.9 Å². The number of hydrogen-bond donors (Lipinski definition) is 0. The predicted octanol–water partition coefficient (Wildman–Crippen LogP) is 3.64. The highest BCUT2D eigenvalue weighted by atomic mass is 79.9. The second kappa shape index (κ2) is 6.37. The van der Waals surface area contributed by atoms with E-state index in [0.29, 0.717) is 10.6 Å². The number of rotatable bonds is 4. The van der Waals surface area contributed by atoms with E-state index in [4.69, 9.17) is 4.74 Å². The van der Waals surface area contributed by atoms with Crippen molar-refractivity contribution < 1.29 is 9.53 Å². The van der Waals surface area contributed by atoms with Gasteiger partial charge in [-0.15, -0.1) is 0 Å². The quantitative estimate of drug-likeness (QED) is 0.786. The van der Waals surface area contributed by atoms with Gasteiger partial charge in [-0.3, -0.25) is 0 Å². The molecule has 20 heavy (non-hydrogen) atoms. The number of carbonyl (C=O) groups excluding carboxylic acids is 1. The van der Waals surface area contributed by atoms with Gasteiger partial charge in [0.1, 0.15) is 4.88 Å². The van der Waals surface area contributed by atoms with Gasteiger partial charge in [-0.2, -0.15) is 0 Å². The van der Waals surface area contributed by atoms with Crippen LogP contribution in [0, 0.1) is 6.92 Å². The highest BCUT2D eigenvalue weighted by Crippen LogP contribution is 2.27. The Kier molecular flexibility index (Phi) is 4.77. The lowest BCUT2D eigenvalue weighted by atomic mass is 10.2. The number of aryl methyl sites for hydroxylation is 1. The van der Waals surface area contributed by atoms with E-state index in [-0.39, 0.29) is 5.97 Å². The van der Waals surface area contributed by atoms with E-state index in [1.54, 1.807) is 0 Å². The Morgan fingerprint density at radius 2 is 2.05 bits per heavy atom. The third-order valence-corrected chi connectivity index (χ3v) is 4.60. The number of thiazole rings is 1. The number of carbonyl (C=O) groups is 1. The molecule has 0 aliphatic heterocycles. The Bertz CT molecular complexity index is 610. The van der Waals surface area contributed by atoms with Gasteiger partial charge < -0.3 is 9.64 Å². The van der Waals surface area contributed by atoms with Gasteiger partial charge >= 0.3 is 5.97 Å². The minimum Gasteiger partial charge on any atom is -0.465 e. The van der Waals surface area contributed by atoms with Crippen molar-refractivity contribution in [3.63, 3.8) is 0 Å². The molecule has 0 amide bonds. The van der Waals surface area contributed by atoms with Gasteiger partial charge in [0.05, 0.1) is 12.8 Å². The van der Waals surface area contributed by atoms with Crippen molar-refractivity contribution in [2.24, 2.45) is 0 Å².